The van der Waals surface area contributed by atoms with Crippen LogP contribution in [0.2, 0.25) is 0 Å². The van der Waals surface area contributed by atoms with Crippen LogP contribution in [0, 0.1) is 0 Å². The highest BCUT2D eigenvalue weighted by molar-refractivity contribution is 9.10. The Morgan fingerprint density at radius 1 is 1.06 bits per heavy atom. The molecule has 1 aliphatic heterocycles. The molecule has 1 aliphatic rings. The van der Waals surface area contributed by atoms with Crippen molar-refractivity contribution in [2.24, 2.45) is 0 Å². The van der Waals surface area contributed by atoms with Crippen LogP contribution in [-0.4, -0.2) is 57.3 Å². The number of anilines is 2. The molecule has 1 heterocycles. The van der Waals surface area contributed by atoms with Crippen molar-refractivity contribution >= 4 is 33.3 Å². The van der Waals surface area contributed by atoms with E-state index in [1.54, 1.807) is 0 Å². The summed E-state index contributed by atoms with van der Waals surface area (Å²) in [5.41, 5.74) is 3.34. The van der Waals surface area contributed by atoms with E-state index in [-0.39, 0.29) is 11.4 Å². The molecule has 0 saturated carbocycles. The second-order valence-corrected chi connectivity index (χ2v) is 10.2. The Morgan fingerprint density at radius 2 is 1.75 bits per heavy atom. The molecule has 174 valence electrons. The van der Waals surface area contributed by atoms with Gasteiger partial charge in [0.2, 0.25) is 0 Å². The third kappa shape index (κ3) is 7.14. The molecule has 1 saturated heterocycles. The Balaban J connectivity index is 1.36. The average Bonchev–Trinajstić information content (AvgIpc) is 2.75. The van der Waals surface area contributed by atoms with Crippen LogP contribution in [0.3, 0.4) is 0 Å². The van der Waals surface area contributed by atoms with Crippen molar-refractivity contribution in [3.63, 3.8) is 0 Å². The van der Waals surface area contributed by atoms with Gasteiger partial charge in [0.15, 0.2) is 0 Å². The van der Waals surface area contributed by atoms with E-state index in [0.717, 1.165) is 48.5 Å². The maximum atomic E-state index is 12.2. The topological polar surface area (TPSA) is 56.8 Å². The van der Waals surface area contributed by atoms with Gasteiger partial charge in [-0.3, -0.25) is 0 Å². The number of benzene rings is 2. The number of likely N-dealkylation sites (N-methyl/N-ethyl adjacent to an activating group) is 1. The summed E-state index contributed by atoms with van der Waals surface area (Å²) in [5.74, 6) is 0.822. The number of amides is 2. The minimum Gasteiger partial charge on any atom is -0.492 e. The second kappa shape index (κ2) is 11.1. The van der Waals surface area contributed by atoms with E-state index in [2.05, 4.69) is 88.4 Å². The Labute approximate surface area is 200 Å². The Kier molecular flexibility index (Phi) is 8.43. The number of hydrogen-bond donors (Lipinski definition) is 2. The molecular formula is C25H35BrN4O2. The number of carbonyl (C=O) groups excluding carboxylic acids is 1. The van der Waals surface area contributed by atoms with Gasteiger partial charge >= 0.3 is 6.03 Å². The third-order valence-electron chi connectivity index (χ3n) is 5.66. The SMILES string of the molecule is CN1CCN(c2ccc(NC(=O)NCCCOc3ccc(C(C)(C)C)cc3Br)cc2)CC1. The number of nitrogens with zero attached hydrogens (tertiary/aromatic N) is 2. The number of rotatable bonds is 7. The van der Waals surface area contributed by atoms with Crippen LogP contribution in [0.4, 0.5) is 16.2 Å². The summed E-state index contributed by atoms with van der Waals surface area (Å²) in [6, 6.07) is 14.0. The largest absolute Gasteiger partial charge is 0.492 e. The third-order valence-corrected chi connectivity index (χ3v) is 6.28. The lowest BCUT2D eigenvalue weighted by Gasteiger charge is -2.34. The lowest BCUT2D eigenvalue weighted by Crippen LogP contribution is -2.44. The molecule has 3 rings (SSSR count). The van der Waals surface area contributed by atoms with Gasteiger partial charge in [-0.25, -0.2) is 4.79 Å². The molecule has 2 aromatic rings. The van der Waals surface area contributed by atoms with E-state index in [4.69, 9.17) is 4.74 Å². The van der Waals surface area contributed by atoms with Crippen molar-refractivity contribution in [2.45, 2.75) is 32.6 Å². The minimum absolute atomic E-state index is 0.100. The normalized spacial score (nSPS) is 14.8. The summed E-state index contributed by atoms with van der Waals surface area (Å²) in [6.45, 7) is 11.9. The minimum atomic E-state index is -0.201. The monoisotopic (exact) mass is 502 g/mol. The first-order valence-corrected chi connectivity index (χ1v) is 12.0. The molecule has 0 aromatic heterocycles. The van der Waals surface area contributed by atoms with Gasteiger partial charge in [0, 0.05) is 44.1 Å². The van der Waals surface area contributed by atoms with E-state index >= 15 is 0 Å². The van der Waals surface area contributed by atoms with Crippen molar-refractivity contribution < 1.29 is 9.53 Å². The molecule has 2 aromatic carbocycles. The highest BCUT2D eigenvalue weighted by Gasteiger charge is 2.16. The number of piperazine rings is 1. The van der Waals surface area contributed by atoms with Crippen molar-refractivity contribution in [1.29, 1.82) is 0 Å². The number of carbonyl (C=O) groups is 1. The van der Waals surface area contributed by atoms with Gasteiger partial charge in [-0.05, 0) is 76.8 Å². The molecule has 0 spiro atoms. The predicted octanol–water partition coefficient (Wildman–Crippen LogP) is 5.09. The van der Waals surface area contributed by atoms with Crippen LogP contribution >= 0.6 is 15.9 Å². The standard InChI is InChI=1S/C25H35BrN4O2/c1-25(2,3)19-6-11-23(22(26)18-19)32-17-5-12-27-24(31)28-20-7-9-21(10-8-20)30-15-13-29(4)14-16-30/h6-11,18H,5,12-17H2,1-4H3,(H2,27,28,31). The van der Waals surface area contributed by atoms with Crippen molar-refractivity contribution in [2.75, 3.05) is 56.6 Å². The average molecular weight is 503 g/mol. The maximum Gasteiger partial charge on any atom is 0.319 e. The molecule has 2 N–H and O–H groups in total. The van der Waals surface area contributed by atoms with E-state index in [1.165, 1.54) is 11.3 Å². The number of halogens is 1. The molecule has 0 atom stereocenters. The first-order chi connectivity index (χ1) is 15.2. The van der Waals surface area contributed by atoms with E-state index in [9.17, 15) is 4.79 Å². The van der Waals surface area contributed by atoms with Crippen LogP contribution in [0.25, 0.3) is 0 Å². The Bertz CT molecular complexity index is 888. The number of nitrogens with one attached hydrogen (secondary N) is 2. The van der Waals surface area contributed by atoms with Crippen LogP contribution < -0.4 is 20.3 Å². The van der Waals surface area contributed by atoms with Gasteiger partial charge in [-0.2, -0.15) is 0 Å². The summed E-state index contributed by atoms with van der Waals surface area (Å²) >= 11 is 3.59. The number of hydrogen-bond acceptors (Lipinski definition) is 4. The zero-order chi connectivity index (χ0) is 23.1. The molecular weight excluding hydrogens is 468 g/mol. The Hall–Kier alpha value is -2.25. The zero-order valence-electron chi connectivity index (χ0n) is 19.6. The van der Waals surface area contributed by atoms with Crippen LogP contribution in [0.15, 0.2) is 46.9 Å². The highest BCUT2D eigenvalue weighted by Crippen LogP contribution is 2.31. The summed E-state index contributed by atoms with van der Waals surface area (Å²) in [6.07, 6.45) is 0.725. The van der Waals surface area contributed by atoms with Gasteiger partial charge in [-0.1, -0.05) is 26.8 Å². The number of ether oxygens (including phenoxy) is 1. The lowest BCUT2D eigenvalue weighted by molar-refractivity contribution is 0.250. The lowest BCUT2D eigenvalue weighted by atomic mass is 9.87. The van der Waals surface area contributed by atoms with Crippen LogP contribution in [-0.2, 0) is 5.41 Å². The molecule has 7 heteroatoms. The van der Waals surface area contributed by atoms with Gasteiger partial charge in [-0.15, -0.1) is 0 Å². The molecule has 6 nitrogen and oxygen atoms in total. The molecule has 2 amide bonds. The molecule has 0 unspecified atom stereocenters. The predicted molar refractivity (Wildman–Crippen MR) is 136 cm³/mol. The number of urea groups is 1. The summed E-state index contributed by atoms with van der Waals surface area (Å²) < 4.78 is 6.81. The van der Waals surface area contributed by atoms with Gasteiger partial charge in [0.05, 0.1) is 11.1 Å². The van der Waals surface area contributed by atoms with Gasteiger partial charge in [0.1, 0.15) is 5.75 Å². The van der Waals surface area contributed by atoms with Crippen molar-refractivity contribution in [1.82, 2.24) is 10.2 Å². The highest BCUT2D eigenvalue weighted by atomic mass is 79.9. The maximum absolute atomic E-state index is 12.2. The fraction of sp³-hybridized carbons (Fsp3) is 0.480. The molecule has 0 bridgehead atoms. The Morgan fingerprint density at radius 3 is 2.38 bits per heavy atom. The first-order valence-electron chi connectivity index (χ1n) is 11.2. The zero-order valence-corrected chi connectivity index (χ0v) is 21.2. The quantitative estimate of drug-likeness (QED) is 0.517. The van der Waals surface area contributed by atoms with Gasteiger partial charge < -0.3 is 25.2 Å². The second-order valence-electron chi connectivity index (χ2n) is 9.32. The van der Waals surface area contributed by atoms with Gasteiger partial charge in [0.25, 0.3) is 0 Å². The van der Waals surface area contributed by atoms with E-state index in [0.29, 0.717) is 13.2 Å². The summed E-state index contributed by atoms with van der Waals surface area (Å²) in [7, 11) is 2.15. The summed E-state index contributed by atoms with van der Waals surface area (Å²) in [5, 5.41) is 5.78. The van der Waals surface area contributed by atoms with Crippen LogP contribution in [0.5, 0.6) is 5.75 Å². The summed E-state index contributed by atoms with van der Waals surface area (Å²) in [4.78, 5) is 16.9. The van der Waals surface area contributed by atoms with E-state index in [1.807, 2.05) is 18.2 Å². The van der Waals surface area contributed by atoms with Crippen molar-refractivity contribution in [3.05, 3.63) is 52.5 Å². The fourth-order valence-electron chi connectivity index (χ4n) is 3.54. The van der Waals surface area contributed by atoms with Crippen molar-refractivity contribution in [3.8, 4) is 5.75 Å². The first kappa shape index (κ1) is 24.4. The van der Waals surface area contributed by atoms with Crippen LogP contribution in [0.1, 0.15) is 32.8 Å². The molecule has 0 aliphatic carbocycles. The molecule has 1 fully saturated rings. The smallest absolute Gasteiger partial charge is 0.319 e. The fourth-order valence-corrected chi connectivity index (χ4v) is 4.03. The molecule has 0 radical (unpaired) electrons. The van der Waals surface area contributed by atoms with E-state index < -0.39 is 0 Å². The molecule has 32 heavy (non-hydrogen) atoms.